The van der Waals surface area contributed by atoms with Crippen LogP contribution in [0, 0.1) is 13.8 Å². The third kappa shape index (κ3) is 4.85. The highest BCUT2D eigenvalue weighted by atomic mass is 16.5. The van der Waals surface area contributed by atoms with Gasteiger partial charge in [0.25, 0.3) is 5.91 Å². The van der Waals surface area contributed by atoms with Gasteiger partial charge in [0, 0.05) is 11.9 Å². The quantitative estimate of drug-likeness (QED) is 0.641. The van der Waals surface area contributed by atoms with E-state index in [1.54, 1.807) is 12.3 Å². The Morgan fingerprint density at radius 2 is 1.82 bits per heavy atom. The standard InChI is InChI=1S/C22H24N4O2/c1-14(2)28-20-8-6-5-7-18(20)25-22-23-12-11-19(26-22)21(27)24-17-10-9-15(3)16(4)13-17/h5-14H,1-4H3,(H,24,27)(H,23,25,26). The number of nitrogens with one attached hydrogen (secondary N) is 2. The van der Waals surface area contributed by atoms with Crippen molar-refractivity contribution < 1.29 is 9.53 Å². The molecule has 0 bridgehead atoms. The Morgan fingerprint density at radius 3 is 2.57 bits per heavy atom. The molecule has 3 rings (SSSR count). The van der Waals surface area contributed by atoms with E-state index in [1.807, 2.05) is 70.2 Å². The molecule has 0 aliphatic carbocycles. The number of anilines is 3. The number of amides is 1. The number of hydrogen-bond donors (Lipinski definition) is 2. The van der Waals surface area contributed by atoms with E-state index in [9.17, 15) is 4.79 Å². The first kappa shape index (κ1) is 19.4. The Hall–Kier alpha value is -3.41. The summed E-state index contributed by atoms with van der Waals surface area (Å²) in [6, 6.07) is 14.9. The number of rotatable bonds is 6. The van der Waals surface area contributed by atoms with Gasteiger partial charge in [-0.05, 0) is 69.2 Å². The molecule has 1 heterocycles. The van der Waals surface area contributed by atoms with E-state index in [4.69, 9.17) is 4.74 Å². The SMILES string of the molecule is Cc1ccc(NC(=O)c2ccnc(Nc3ccccc3OC(C)C)n2)cc1C. The molecule has 1 amide bonds. The number of para-hydroxylation sites is 2. The summed E-state index contributed by atoms with van der Waals surface area (Å²) in [4.78, 5) is 21.1. The lowest BCUT2D eigenvalue weighted by Gasteiger charge is -2.15. The van der Waals surface area contributed by atoms with E-state index >= 15 is 0 Å². The van der Waals surface area contributed by atoms with Gasteiger partial charge in [-0.1, -0.05) is 18.2 Å². The van der Waals surface area contributed by atoms with Gasteiger partial charge in [0.05, 0.1) is 11.8 Å². The maximum absolute atomic E-state index is 12.6. The fourth-order valence-corrected chi connectivity index (χ4v) is 2.61. The van der Waals surface area contributed by atoms with Gasteiger partial charge in [-0.3, -0.25) is 4.79 Å². The second kappa shape index (κ2) is 8.52. The summed E-state index contributed by atoms with van der Waals surface area (Å²) in [5, 5.41) is 6.00. The molecule has 0 aliphatic heterocycles. The summed E-state index contributed by atoms with van der Waals surface area (Å²) < 4.78 is 5.80. The van der Waals surface area contributed by atoms with Crippen molar-refractivity contribution in [2.75, 3.05) is 10.6 Å². The highest BCUT2D eigenvalue weighted by Crippen LogP contribution is 2.27. The molecule has 1 aromatic heterocycles. The van der Waals surface area contributed by atoms with Crippen molar-refractivity contribution in [2.24, 2.45) is 0 Å². The average molecular weight is 376 g/mol. The highest BCUT2D eigenvalue weighted by molar-refractivity contribution is 6.03. The number of benzene rings is 2. The van der Waals surface area contributed by atoms with Crippen molar-refractivity contribution in [3.8, 4) is 5.75 Å². The summed E-state index contributed by atoms with van der Waals surface area (Å²) in [5.74, 6) is 0.735. The van der Waals surface area contributed by atoms with Gasteiger partial charge >= 0.3 is 0 Å². The molecule has 3 aromatic rings. The van der Waals surface area contributed by atoms with Crippen molar-refractivity contribution in [2.45, 2.75) is 33.8 Å². The number of aromatic nitrogens is 2. The van der Waals surface area contributed by atoms with Crippen LogP contribution in [0.1, 0.15) is 35.5 Å². The minimum atomic E-state index is -0.291. The van der Waals surface area contributed by atoms with E-state index in [1.165, 1.54) is 5.56 Å². The molecular weight excluding hydrogens is 352 g/mol. The molecular formula is C22H24N4O2. The summed E-state index contributed by atoms with van der Waals surface area (Å²) in [5.41, 5.74) is 4.04. The van der Waals surface area contributed by atoms with E-state index in [0.717, 1.165) is 16.9 Å². The zero-order valence-electron chi connectivity index (χ0n) is 16.5. The summed E-state index contributed by atoms with van der Waals surface area (Å²) >= 11 is 0. The number of carbonyl (C=O) groups is 1. The molecule has 0 radical (unpaired) electrons. The third-order valence-electron chi connectivity index (χ3n) is 4.15. The van der Waals surface area contributed by atoms with Crippen molar-refractivity contribution in [3.05, 3.63) is 71.5 Å². The number of ether oxygens (including phenoxy) is 1. The molecule has 0 saturated carbocycles. The lowest BCUT2D eigenvalue weighted by Crippen LogP contribution is -2.15. The second-order valence-electron chi connectivity index (χ2n) is 6.81. The Morgan fingerprint density at radius 1 is 1.04 bits per heavy atom. The second-order valence-corrected chi connectivity index (χ2v) is 6.81. The van der Waals surface area contributed by atoms with Crippen LogP contribution in [0.5, 0.6) is 5.75 Å². The summed E-state index contributed by atoms with van der Waals surface area (Å²) in [7, 11) is 0. The first-order chi connectivity index (χ1) is 13.4. The van der Waals surface area contributed by atoms with Crippen LogP contribution in [0.25, 0.3) is 0 Å². The summed E-state index contributed by atoms with van der Waals surface area (Å²) in [6.45, 7) is 7.97. The van der Waals surface area contributed by atoms with Gasteiger partial charge in [-0.25, -0.2) is 9.97 Å². The number of carbonyl (C=O) groups excluding carboxylic acids is 1. The van der Waals surface area contributed by atoms with Gasteiger partial charge < -0.3 is 15.4 Å². The molecule has 6 heteroatoms. The van der Waals surface area contributed by atoms with E-state index in [-0.39, 0.29) is 17.7 Å². The van der Waals surface area contributed by atoms with E-state index in [2.05, 4.69) is 20.6 Å². The fraction of sp³-hybridized carbons (Fsp3) is 0.227. The zero-order chi connectivity index (χ0) is 20.1. The summed E-state index contributed by atoms with van der Waals surface area (Å²) in [6.07, 6.45) is 1.59. The highest BCUT2D eigenvalue weighted by Gasteiger charge is 2.12. The Balaban J connectivity index is 1.77. The van der Waals surface area contributed by atoms with Gasteiger partial charge in [0.2, 0.25) is 5.95 Å². The first-order valence-corrected chi connectivity index (χ1v) is 9.17. The van der Waals surface area contributed by atoms with E-state index < -0.39 is 0 Å². The largest absolute Gasteiger partial charge is 0.489 e. The molecule has 2 N–H and O–H groups in total. The zero-order valence-corrected chi connectivity index (χ0v) is 16.5. The number of nitrogens with zero attached hydrogens (tertiary/aromatic N) is 2. The predicted molar refractivity (Wildman–Crippen MR) is 111 cm³/mol. The van der Waals surface area contributed by atoms with Gasteiger partial charge in [-0.2, -0.15) is 0 Å². The van der Waals surface area contributed by atoms with Crippen molar-refractivity contribution in [1.29, 1.82) is 0 Å². The topological polar surface area (TPSA) is 76.1 Å². The third-order valence-corrected chi connectivity index (χ3v) is 4.15. The Bertz CT molecular complexity index is 986. The van der Waals surface area contributed by atoms with Crippen molar-refractivity contribution in [1.82, 2.24) is 9.97 Å². The predicted octanol–water partition coefficient (Wildman–Crippen LogP) is 4.88. The molecule has 0 unspecified atom stereocenters. The molecule has 28 heavy (non-hydrogen) atoms. The lowest BCUT2D eigenvalue weighted by molar-refractivity contribution is 0.102. The van der Waals surface area contributed by atoms with Crippen LogP contribution < -0.4 is 15.4 Å². The molecule has 0 aliphatic rings. The van der Waals surface area contributed by atoms with Gasteiger partial charge in [-0.15, -0.1) is 0 Å². The van der Waals surface area contributed by atoms with Crippen LogP contribution in [0.3, 0.4) is 0 Å². The normalized spacial score (nSPS) is 10.6. The molecule has 0 spiro atoms. The molecule has 0 saturated heterocycles. The maximum Gasteiger partial charge on any atom is 0.274 e. The van der Waals surface area contributed by atoms with Gasteiger partial charge in [0.15, 0.2) is 0 Å². The number of aryl methyl sites for hydroxylation is 2. The van der Waals surface area contributed by atoms with Gasteiger partial charge in [0.1, 0.15) is 11.4 Å². The molecule has 6 nitrogen and oxygen atoms in total. The molecule has 0 fully saturated rings. The van der Waals surface area contributed by atoms with Crippen LogP contribution in [0.15, 0.2) is 54.7 Å². The molecule has 2 aromatic carbocycles. The van der Waals surface area contributed by atoms with E-state index in [0.29, 0.717) is 11.7 Å². The Kier molecular flexibility index (Phi) is 5.89. The average Bonchev–Trinajstić information content (AvgIpc) is 2.66. The van der Waals surface area contributed by atoms with Crippen LogP contribution in [-0.4, -0.2) is 22.0 Å². The molecule has 144 valence electrons. The van der Waals surface area contributed by atoms with Crippen LogP contribution >= 0.6 is 0 Å². The first-order valence-electron chi connectivity index (χ1n) is 9.17. The van der Waals surface area contributed by atoms with Crippen molar-refractivity contribution in [3.63, 3.8) is 0 Å². The smallest absolute Gasteiger partial charge is 0.274 e. The maximum atomic E-state index is 12.6. The van der Waals surface area contributed by atoms with Crippen LogP contribution in [0.4, 0.5) is 17.3 Å². The minimum Gasteiger partial charge on any atom is -0.489 e. The van der Waals surface area contributed by atoms with Crippen molar-refractivity contribution >= 4 is 23.2 Å². The van der Waals surface area contributed by atoms with Crippen LogP contribution in [0.2, 0.25) is 0 Å². The molecule has 0 atom stereocenters. The minimum absolute atomic E-state index is 0.0407. The lowest BCUT2D eigenvalue weighted by atomic mass is 10.1. The fourth-order valence-electron chi connectivity index (χ4n) is 2.61. The Labute approximate surface area is 165 Å². The van der Waals surface area contributed by atoms with Crippen LogP contribution in [-0.2, 0) is 0 Å². The monoisotopic (exact) mass is 376 g/mol. The number of hydrogen-bond acceptors (Lipinski definition) is 5.